The lowest BCUT2D eigenvalue weighted by Crippen LogP contribution is -2.32. The van der Waals surface area contributed by atoms with Crippen molar-refractivity contribution < 1.29 is 0 Å². The second-order valence-corrected chi connectivity index (χ2v) is 7.55. The van der Waals surface area contributed by atoms with Crippen LogP contribution >= 0.6 is 23.5 Å². The first-order valence-electron chi connectivity index (χ1n) is 5.35. The fraction of sp³-hybridized carbons (Fsp3) is 0.333. The lowest BCUT2D eigenvalue weighted by atomic mass is 9.87. The van der Waals surface area contributed by atoms with E-state index < -0.39 is 0 Å². The summed E-state index contributed by atoms with van der Waals surface area (Å²) in [6.07, 6.45) is 4.49. The molecule has 4 N–H and O–H groups in total. The lowest BCUT2D eigenvalue weighted by Gasteiger charge is -2.16. The van der Waals surface area contributed by atoms with Gasteiger partial charge in [-0.25, -0.2) is 0 Å². The van der Waals surface area contributed by atoms with Crippen LogP contribution in [0.3, 0.4) is 0 Å². The molecule has 0 saturated carbocycles. The van der Waals surface area contributed by atoms with Crippen LogP contribution in [0.15, 0.2) is 36.4 Å². The molecule has 0 spiro atoms. The van der Waals surface area contributed by atoms with Gasteiger partial charge in [0.1, 0.15) is 0 Å². The van der Waals surface area contributed by atoms with Crippen molar-refractivity contribution in [3.05, 3.63) is 42.0 Å². The number of thioether (sulfide) groups is 2. The van der Waals surface area contributed by atoms with Crippen molar-refractivity contribution in [3.63, 3.8) is 0 Å². The second-order valence-electron chi connectivity index (χ2n) is 4.68. The molecule has 4 unspecified atom stereocenters. The Morgan fingerprint density at radius 3 is 2.50 bits per heavy atom. The molecule has 1 aromatic carbocycles. The van der Waals surface area contributed by atoms with Gasteiger partial charge >= 0.3 is 0 Å². The van der Waals surface area contributed by atoms with Gasteiger partial charge in [0.05, 0.1) is 14.9 Å². The smallest absolute Gasteiger partial charge is 0.0943 e. The standard InChI is InChI=1S/C12H12N2S2/c13-8-3-1-7(2-4-8)11-5-6-12(14)10(16-12)9(11)15-11/h1-6,9-10H,13-14H2. The van der Waals surface area contributed by atoms with E-state index in [2.05, 4.69) is 24.3 Å². The maximum atomic E-state index is 6.17. The van der Waals surface area contributed by atoms with Crippen LogP contribution in [0.2, 0.25) is 0 Å². The van der Waals surface area contributed by atoms with Gasteiger partial charge in [-0.3, -0.25) is 0 Å². The topological polar surface area (TPSA) is 52.0 Å². The Balaban J connectivity index is 1.75. The predicted molar refractivity (Wildman–Crippen MR) is 71.3 cm³/mol. The molecule has 0 radical (unpaired) electrons. The molecule has 3 aliphatic rings. The summed E-state index contributed by atoms with van der Waals surface area (Å²) in [5.74, 6) is 0. The highest BCUT2D eigenvalue weighted by Gasteiger charge is 2.72. The minimum Gasteiger partial charge on any atom is -0.399 e. The maximum absolute atomic E-state index is 6.17. The average molecular weight is 248 g/mol. The van der Waals surface area contributed by atoms with Gasteiger partial charge in [0.2, 0.25) is 0 Å². The third-order valence-electron chi connectivity index (χ3n) is 3.63. The van der Waals surface area contributed by atoms with E-state index in [4.69, 9.17) is 11.5 Å². The van der Waals surface area contributed by atoms with Gasteiger partial charge in [-0.05, 0) is 17.7 Å². The van der Waals surface area contributed by atoms with Gasteiger partial charge < -0.3 is 11.5 Å². The van der Waals surface area contributed by atoms with Crippen LogP contribution in [0.1, 0.15) is 5.56 Å². The molecule has 4 heteroatoms. The van der Waals surface area contributed by atoms with Crippen LogP contribution in [0.4, 0.5) is 5.69 Å². The zero-order valence-corrected chi connectivity index (χ0v) is 10.2. The largest absolute Gasteiger partial charge is 0.399 e. The fourth-order valence-corrected chi connectivity index (χ4v) is 5.59. The first-order chi connectivity index (χ1) is 7.64. The van der Waals surface area contributed by atoms with Crippen LogP contribution in [-0.2, 0) is 4.75 Å². The van der Waals surface area contributed by atoms with Crippen LogP contribution in [0, 0.1) is 0 Å². The number of hydrogen-bond donors (Lipinski definition) is 2. The highest BCUT2D eigenvalue weighted by Crippen LogP contribution is 2.75. The van der Waals surface area contributed by atoms with Crippen molar-refractivity contribution in [2.75, 3.05) is 5.73 Å². The number of anilines is 1. The molecular weight excluding hydrogens is 236 g/mol. The third kappa shape index (κ3) is 1.05. The SMILES string of the molecule is Nc1ccc(C23C=CC4(N)SC4C2S3)cc1. The van der Waals surface area contributed by atoms with Gasteiger partial charge in [0.25, 0.3) is 0 Å². The van der Waals surface area contributed by atoms with Gasteiger partial charge in [-0.15, -0.1) is 23.5 Å². The number of rotatable bonds is 1. The van der Waals surface area contributed by atoms with Crippen molar-refractivity contribution in [1.82, 2.24) is 0 Å². The summed E-state index contributed by atoms with van der Waals surface area (Å²) in [4.78, 5) is -0.0501. The number of benzene rings is 1. The lowest BCUT2D eigenvalue weighted by molar-refractivity contribution is 0.687. The van der Waals surface area contributed by atoms with E-state index in [0.29, 0.717) is 10.5 Å². The number of hydrogen-bond acceptors (Lipinski definition) is 4. The van der Waals surface area contributed by atoms with Crippen molar-refractivity contribution in [2.24, 2.45) is 5.73 Å². The molecule has 0 amide bonds. The minimum absolute atomic E-state index is 0.0501. The zero-order valence-electron chi connectivity index (χ0n) is 8.59. The van der Waals surface area contributed by atoms with E-state index in [0.717, 1.165) is 5.69 Å². The van der Waals surface area contributed by atoms with Gasteiger partial charge in [-0.1, -0.05) is 24.3 Å². The molecule has 4 rings (SSSR count). The molecule has 2 saturated heterocycles. The minimum atomic E-state index is -0.0501. The first kappa shape index (κ1) is 9.45. The van der Waals surface area contributed by atoms with Crippen molar-refractivity contribution in [1.29, 1.82) is 0 Å². The maximum Gasteiger partial charge on any atom is 0.0943 e. The number of fused-ring (bicyclic) bond motifs is 3. The normalized spacial score (nSPS) is 47.1. The molecular formula is C12H12N2S2. The summed E-state index contributed by atoms with van der Waals surface area (Å²) < 4.78 is 0.199. The van der Waals surface area contributed by atoms with Crippen molar-refractivity contribution >= 4 is 29.2 Å². The predicted octanol–water partition coefficient (Wildman–Crippen LogP) is 1.92. The third-order valence-corrected chi connectivity index (χ3v) is 6.93. The van der Waals surface area contributed by atoms with Crippen LogP contribution in [0.5, 0.6) is 0 Å². The Morgan fingerprint density at radius 2 is 1.75 bits per heavy atom. The van der Waals surface area contributed by atoms with Crippen LogP contribution < -0.4 is 11.5 Å². The molecule has 2 fully saturated rings. The molecule has 16 heavy (non-hydrogen) atoms. The van der Waals surface area contributed by atoms with E-state index in [1.165, 1.54) is 5.56 Å². The quantitative estimate of drug-likeness (QED) is 0.453. The Bertz CT molecular complexity index is 498. The summed E-state index contributed by atoms with van der Waals surface area (Å²) in [7, 11) is 0. The molecule has 2 aliphatic heterocycles. The Hall–Kier alpha value is -0.580. The van der Waals surface area contributed by atoms with Crippen molar-refractivity contribution in [2.45, 2.75) is 20.1 Å². The zero-order chi connectivity index (χ0) is 11.0. The van der Waals surface area contributed by atoms with E-state index in [9.17, 15) is 0 Å². The van der Waals surface area contributed by atoms with E-state index in [1.807, 2.05) is 35.7 Å². The van der Waals surface area contributed by atoms with Crippen molar-refractivity contribution in [3.8, 4) is 0 Å². The number of nitrogens with two attached hydrogens (primary N) is 2. The highest BCUT2D eigenvalue weighted by atomic mass is 32.2. The summed E-state index contributed by atoms with van der Waals surface area (Å²) in [6.45, 7) is 0. The summed E-state index contributed by atoms with van der Waals surface area (Å²) in [5.41, 5.74) is 14.1. The molecule has 1 aliphatic carbocycles. The van der Waals surface area contributed by atoms with E-state index >= 15 is 0 Å². The molecule has 2 nitrogen and oxygen atoms in total. The summed E-state index contributed by atoms with van der Waals surface area (Å²) in [5, 5.41) is 1.27. The summed E-state index contributed by atoms with van der Waals surface area (Å²) >= 11 is 3.92. The Morgan fingerprint density at radius 1 is 1.00 bits per heavy atom. The average Bonchev–Trinajstić information content (AvgIpc) is 3.11. The molecule has 2 heterocycles. The van der Waals surface area contributed by atoms with Gasteiger partial charge in [0, 0.05) is 10.9 Å². The van der Waals surface area contributed by atoms with Gasteiger partial charge in [0.15, 0.2) is 0 Å². The molecule has 0 bridgehead atoms. The monoisotopic (exact) mass is 248 g/mol. The Kier molecular flexibility index (Phi) is 1.55. The second kappa shape index (κ2) is 2.63. The molecule has 1 aromatic rings. The van der Waals surface area contributed by atoms with E-state index in [1.54, 1.807) is 0 Å². The number of nitrogen functional groups attached to an aromatic ring is 1. The molecule has 82 valence electrons. The summed E-state index contributed by atoms with van der Waals surface area (Å²) in [6, 6.07) is 8.25. The van der Waals surface area contributed by atoms with Gasteiger partial charge in [-0.2, -0.15) is 0 Å². The first-order valence-corrected chi connectivity index (χ1v) is 7.11. The molecule has 0 aromatic heterocycles. The highest BCUT2D eigenvalue weighted by molar-refractivity contribution is 8.14. The molecule has 4 atom stereocenters. The van der Waals surface area contributed by atoms with Crippen LogP contribution in [0.25, 0.3) is 0 Å². The Labute approximate surface area is 103 Å². The van der Waals surface area contributed by atoms with Crippen LogP contribution in [-0.4, -0.2) is 15.4 Å². The fourth-order valence-electron chi connectivity index (χ4n) is 2.54. The van der Waals surface area contributed by atoms with E-state index in [-0.39, 0.29) is 9.62 Å².